The van der Waals surface area contributed by atoms with Crippen molar-refractivity contribution < 1.29 is 4.74 Å². The number of nitrogens with one attached hydrogen (secondary N) is 2. The van der Waals surface area contributed by atoms with E-state index in [4.69, 9.17) is 4.74 Å². The van der Waals surface area contributed by atoms with Gasteiger partial charge in [-0.15, -0.1) is 0 Å². The predicted octanol–water partition coefficient (Wildman–Crippen LogP) is 2.36. The summed E-state index contributed by atoms with van der Waals surface area (Å²) in [6.45, 7) is 14.0. The van der Waals surface area contributed by atoms with E-state index in [0.717, 1.165) is 38.8 Å². The molecule has 1 aliphatic heterocycles. The lowest BCUT2D eigenvalue weighted by Crippen LogP contribution is -2.47. The highest BCUT2D eigenvalue weighted by molar-refractivity contribution is 5.19. The first kappa shape index (κ1) is 22.3. The fourth-order valence-electron chi connectivity index (χ4n) is 4.07. The van der Waals surface area contributed by atoms with Gasteiger partial charge < -0.3 is 25.2 Å². The molecule has 0 bridgehead atoms. The molecule has 0 amide bonds. The van der Waals surface area contributed by atoms with E-state index in [2.05, 4.69) is 64.6 Å². The van der Waals surface area contributed by atoms with Crippen LogP contribution in [0.2, 0.25) is 0 Å². The molecular formula is C22H40N4O. The van der Waals surface area contributed by atoms with Crippen molar-refractivity contribution in [3.8, 4) is 0 Å². The van der Waals surface area contributed by atoms with Gasteiger partial charge in [0.2, 0.25) is 0 Å². The molecule has 1 fully saturated rings. The standard InChI is InChI=1S/C22H40N4O/c1-4-26(5-2)21-11-16-25(17-12-21)19-22(20-9-7-6-8-10-20)24-14-13-23-15-18-27-3/h6-10,21-24H,4-5,11-19H2,1-3H3. The maximum atomic E-state index is 5.09. The molecule has 5 nitrogen and oxygen atoms in total. The van der Waals surface area contributed by atoms with Gasteiger partial charge in [-0.3, -0.25) is 0 Å². The van der Waals surface area contributed by atoms with Crippen molar-refractivity contribution in [1.29, 1.82) is 0 Å². The zero-order valence-corrected chi connectivity index (χ0v) is 17.6. The second kappa shape index (κ2) is 13.2. The van der Waals surface area contributed by atoms with Crippen molar-refractivity contribution in [3.05, 3.63) is 35.9 Å². The maximum absolute atomic E-state index is 5.09. The van der Waals surface area contributed by atoms with Crippen LogP contribution in [0, 0.1) is 0 Å². The lowest BCUT2D eigenvalue weighted by molar-refractivity contribution is 0.110. The van der Waals surface area contributed by atoms with E-state index in [9.17, 15) is 0 Å². The predicted molar refractivity (Wildman–Crippen MR) is 114 cm³/mol. The molecule has 27 heavy (non-hydrogen) atoms. The molecule has 2 rings (SSSR count). The molecule has 154 valence electrons. The third-order valence-corrected chi connectivity index (χ3v) is 5.70. The van der Waals surface area contributed by atoms with Crippen LogP contribution in [0.4, 0.5) is 0 Å². The largest absolute Gasteiger partial charge is 0.383 e. The molecule has 1 unspecified atom stereocenters. The van der Waals surface area contributed by atoms with Crippen LogP contribution in [0.25, 0.3) is 0 Å². The normalized spacial score (nSPS) is 17.5. The van der Waals surface area contributed by atoms with Gasteiger partial charge in [-0.1, -0.05) is 44.2 Å². The van der Waals surface area contributed by atoms with E-state index >= 15 is 0 Å². The fraction of sp³-hybridized carbons (Fsp3) is 0.727. The Balaban J connectivity index is 1.82. The molecule has 1 aromatic rings. The van der Waals surface area contributed by atoms with Crippen LogP contribution in [0.1, 0.15) is 38.3 Å². The molecule has 1 heterocycles. The molecule has 1 aromatic carbocycles. The van der Waals surface area contributed by atoms with Crippen LogP contribution in [0.5, 0.6) is 0 Å². The summed E-state index contributed by atoms with van der Waals surface area (Å²) >= 11 is 0. The Morgan fingerprint density at radius 1 is 1.07 bits per heavy atom. The van der Waals surface area contributed by atoms with Crippen molar-refractivity contribution in [2.24, 2.45) is 0 Å². The summed E-state index contributed by atoms with van der Waals surface area (Å²) in [7, 11) is 1.74. The minimum absolute atomic E-state index is 0.389. The number of methoxy groups -OCH3 is 1. The number of likely N-dealkylation sites (tertiary alicyclic amines) is 1. The Hall–Kier alpha value is -0.980. The summed E-state index contributed by atoms with van der Waals surface area (Å²) in [5.74, 6) is 0. The minimum Gasteiger partial charge on any atom is -0.383 e. The topological polar surface area (TPSA) is 39.8 Å². The van der Waals surface area contributed by atoms with Gasteiger partial charge in [-0.25, -0.2) is 0 Å². The van der Waals surface area contributed by atoms with E-state index in [1.54, 1.807) is 7.11 Å². The Labute approximate surface area is 166 Å². The smallest absolute Gasteiger partial charge is 0.0587 e. The average molecular weight is 377 g/mol. The van der Waals surface area contributed by atoms with Gasteiger partial charge >= 0.3 is 0 Å². The Morgan fingerprint density at radius 3 is 2.41 bits per heavy atom. The van der Waals surface area contributed by atoms with Crippen LogP contribution in [-0.2, 0) is 4.74 Å². The van der Waals surface area contributed by atoms with E-state index < -0.39 is 0 Å². The Bertz CT molecular complexity index is 472. The first-order valence-corrected chi connectivity index (χ1v) is 10.7. The van der Waals surface area contributed by atoms with Gasteiger partial charge in [0.1, 0.15) is 0 Å². The van der Waals surface area contributed by atoms with Gasteiger partial charge in [0.25, 0.3) is 0 Å². The third-order valence-electron chi connectivity index (χ3n) is 5.70. The fourth-order valence-corrected chi connectivity index (χ4v) is 4.07. The van der Waals surface area contributed by atoms with E-state index in [-0.39, 0.29) is 0 Å². The second-order valence-electron chi connectivity index (χ2n) is 7.41. The molecule has 0 aromatic heterocycles. The number of hydrogen-bond donors (Lipinski definition) is 2. The first-order chi connectivity index (χ1) is 13.3. The van der Waals surface area contributed by atoms with Crippen LogP contribution < -0.4 is 10.6 Å². The summed E-state index contributed by atoms with van der Waals surface area (Å²) in [5, 5.41) is 7.18. The molecule has 2 N–H and O–H groups in total. The van der Waals surface area contributed by atoms with Crippen molar-refractivity contribution in [2.45, 2.75) is 38.8 Å². The number of nitrogens with zero attached hydrogens (tertiary/aromatic N) is 2. The molecule has 5 heteroatoms. The maximum Gasteiger partial charge on any atom is 0.0587 e. The molecule has 0 radical (unpaired) electrons. The van der Waals surface area contributed by atoms with Crippen LogP contribution in [0.3, 0.4) is 0 Å². The molecular weight excluding hydrogens is 336 g/mol. The lowest BCUT2D eigenvalue weighted by Gasteiger charge is -2.39. The summed E-state index contributed by atoms with van der Waals surface area (Å²) < 4.78 is 5.09. The highest BCUT2D eigenvalue weighted by Crippen LogP contribution is 2.20. The number of ether oxygens (including phenoxy) is 1. The monoisotopic (exact) mass is 376 g/mol. The molecule has 1 atom stereocenters. The van der Waals surface area contributed by atoms with E-state index in [1.165, 1.54) is 44.6 Å². The summed E-state index contributed by atoms with van der Waals surface area (Å²) in [5.41, 5.74) is 1.39. The molecule has 0 spiro atoms. The van der Waals surface area contributed by atoms with Gasteiger partial charge in [-0.2, -0.15) is 0 Å². The Morgan fingerprint density at radius 2 is 1.78 bits per heavy atom. The van der Waals surface area contributed by atoms with Gasteiger partial charge in [0.05, 0.1) is 6.61 Å². The van der Waals surface area contributed by atoms with Gasteiger partial charge in [0, 0.05) is 45.4 Å². The van der Waals surface area contributed by atoms with Crippen LogP contribution >= 0.6 is 0 Å². The molecule has 0 aliphatic carbocycles. The quantitative estimate of drug-likeness (QED) is 0.517. The van der Waals surface area contributed by atoms with Gasteiger partial charge in [0.15, 0.2) is 0 Å². The molecule has 1 saturated heterocycles. The Kier molecular flexibility index (Phi) is 10.9. The zero-order valence-electron chi connectivity index (χ0n) is 17.6. The SMILES string of the molecule is CCN(CC)C1CCN(CC(NCCNCCOC)c2ccccc2)CC1. The van der Waals surface area contributed by atoms with E-state index in [1.807, 2.05) is 0 Å². The van der Waals surface area contributed by atoms with Gasteiger partial charge in [-0.05, 0) is 44.6 Å². The molecule has 0 saturated carbocycles. The van der Waals surface area contributed by atoms with Crippen LogP contribution in [-0.4, -0.2) is 81.9 Å². The van der Waals surface area contributed by atoms with E-state index in [0.29, 0.717) is 6.04 Å². The zero-order chi connectivity index (χ0) is 19.3. The van der Waals surface area contributed by atoms with Crippen molar-refractivity contribution in [2.75, 3.05) is 66.1 Å². The van der Waals surface area contributed by atoms with Crippen molar-refractivity contribution in [3.63, 3.8) is 0 Å². The summed E-state index contributed by atoms with van der Waals surface area (Å²) in [6, 6.07) is 12.0. The summed E-state index contributed by atoms with van der Waals surface area (Å²) in [4.78, 5) is 5.26. The third kappa shape index (κ3) is 7.88. The highest BCUT2D eigenvalue weighted by atomic mass is 16.5. The van der Waals surface area contributed by atoms with Crippen molar-refractivity contribution >= 4 is 0 Å². The second-order valence-corrected chi connectivity index (χ2v) is 7.41. The average Bonchev–Trinajstić information content (AvgIpc) is 2.72. The molecule has 1 aliphatic rings. The number of rotatable bonds is 13. The number of benzene rings is 1. The first-order valence-electron chi connectivity index (χ1n) is 10.7. The lowest BCUT2D eigenvalue weighted by atomic mass is 10.0. The minimum atomic E-state index is 0.389. The summed E-state index contributed by atoms with van der Waals surface area (Å²) in [6.07, 6.45) is 2.59. The van der Waals surface area contributed by atoms with Crippen molar-refractivity contribution in [1.82, 2.24) is 20.4 Å². The van der Waals surface area contributed by atoms with Crippen LogP contribution in [0.15, 0.2) is 30.3 Å². The number of hydrogen-bond acceptors (Lipinski definition) is 5. The number of piperidine rings is 1. The highest BCUT2D eigenvalue weighted by Gasteiger charge is 2.24.